The van der Waals surface area contributed by atoms with Gasteiger partial charge in [-0.25, -0.2) is 8.42 Å². The summed E-state index contributed by atoms with van der Waals surface area (Å²) >= 11 is 0. The number of sulfonamides is 1. The molecule has 3 rings (SSSR count). The number of nitrogens with zero attached hydrogens (tertiary/aromatic N) is 1. The minimum absolute atomic E-state index is 0.318. The van der Waals surface area contributed by atoms with Crippen LogP contribution in [0, 0.1) is 0 Å². The number of ether oxygens (including phenoxy) is 2. The monoisotopic (exact) mass is 432 g/mol. The van der Waals surface area contributed by atoms with Crippen LogP contribution < -0.4 is 19.1 Å². The van der Waals surface area contributed by atoms with E-state index >= 15 is 0 Å². The molecular weight excluding hydrogens is 404 g/mol. The molecule has 1 N–H and O–H groups in total. The zero-order valence-electron chi connectivity index (χ0n) is 17.9. The third kappa shape index (κ3) is 4.70. The molecule has 0 saturated heterocycles. The Morgan fingerprint density at radius 3 is 2.50 bits per heavy atom. The van der Waals surface area contributed by atoms with Crippen molar-refractivity contribution in [3.63, 3.8) is 0 Å². The zero-order chi connectivity index (χ0) is 22.1. The molecule has 0 aromatic heterocycles. The van der Waals surface area contributed by atoms with Crippen molar-refractivity contribution in [2.24, 2.45) is 0 Å². The van der Waals surface area contributed by atoms with Crippen molar-refractivity contribution in [3.05, 3.63) is 54.1 Å². The quantitative estimate of drug-likeness (QED) is 0.757. The Morgan fingerprint density at radius 2 is 1.90 bits per heavy atom. The molecule has 0 bridgehead atoms. The van der Waals surface area contributed by atoms with E-state index in [9.17, 15) is 13.2 Å². The largest absolute Gasteiger partial charge is 0.497 e. The van der Waals surface area contributed by atoms with Gasteiger partial charge in [0.2, 0.25) is 15.9 Å². The third-order valence-corrected chi connectivity index (χ3v) is 6.34. The van der Waals surface area contributed by atoms with E-state index in [2.05, 4.69) is 5.32 Å². The minimum atomic E-state index is -3.66. The highest BCUT2D eigenvalue weighted by atomic mass is 32.2. The molecule has 1 aliphatic rings. The second-order valence-electron chi connectivity index (χ2n) is 8.10. The summed E-state index contributed by atoms with van der Waals surface area (Å²) < 4.78 is 37.4. The highest BCUT2D eigenvalue weighted by molar-refractivity contribution is 7.92. The predicted molar refractivity (Wildman–Crippen MR) is 116 cm³/mol. The van der Waals surface area contributed by atoms with Crippen molar-refractivity contribution < 1.29 is 22.7 Å². The summed E-state index contributed by atoms with van der Waals surface area (Å²) in [6, 6.07) is 12.9. The third-order valence-electron chi connectivity index (χ3n) is 5.09. The van der Waals surface area contributed by atoms with Gasteiger partial charge >= 0.3 is 0 Å². The number of rotatable bonds is 6. The van der Waals surface area contributed by atoms with Crippen LogP contribution in [0.25, 0.3) is 0 Å². The fourth-order valence-corrected chi connectivity index (χ4v) is 4.94. The minimum Gasteiger partial charge on any atom is -0.497 e. The first-order valence-electron chi connectivity index (χ1n) is 9.73. The number of amides is 1. The zero-order valence-corrected chi connectivity index (χ0v) is 18.7. The molecule has 8 heteroatoms. The standard InChI is InChI=1S/C22H28N2O5S/c1-15(24(30(5,26)27)16-9-7-6-8-10-16)21(25)23-19-14-22(2,3)29-20-13-17(28-4)11-12-18(19)20/h6-13,15,19H,14H2,1-5H3,(H,23,25). The van der Waals surface area contributed by atoms with Crippen LogP contribution in [0.4, 0.5) is 5.69 Å². The molecule has 7 nitrogen and oxygen atoms in total. The molecule has 0 spiro atoms. The molecule has 162 valence electrons. The average Bonchev–Trinajstić information content (AvgIpc) is 2.66. The van der Waals surface area contributed by atoms with Gasteiger partial charge in [0.25, 0.3) is 0 Å². The Bertz CT molecular complexity index is 1020. The maximum Gasteiger partial charge on any atom is 0.244 e. The van der Waals surface area contributed by atoms with E-state index < -0.39 is 21.7 Å². The molecule has 0 fully saturated rings. The number of fused-ring (bicyclic) bond motifs is 1. The van der Waals surface area contributed by atoms with E-state index in [1.165, 1.54) is 0 Å². The maximum absolute atomic E-state index is 13.1. The number of methoxy groups -OCH3 is 1. The molecule has 1 aliphatic heterocycles. The van der Waals surface area contributed by atoms with Gasteiger partial charge in [0, 0.05) is 18.1 Å². The van der Waals surface area contributed by atoms with Crippen molar-refractivity contribution in [1.29, 1.82) is 0 Å². The maximum atomic E-state index is 13.1. The molecule has 2 atom stereocenters. The topological polar surface area (TPSA) is 84.9 Å². The lowest BCUT2D eigenvalue weighted by Gasteiger charge is -2.39. The Hall–Kier alpha value is -2.74. The first-order valence-corrected chi connectivity index (χ1v) is 11.6. The molecule has 1 heterocycles. The second kappa shape index (κ2) is 8.18. The smallest absolute Gasteiger partial charge is 0.244 e. The van der Waals surface area contributed by atoms with Gasteiger partial charge < -0.3 is 14.8 Å². The van der Waals surface area contributed by atoms with Gasteiger partial charge in [-0.05, 0) is 45.0 Å². The van der Waals surface area contributed by atoms with Crippen molar-refractivity contribution >= 4 is 21.6 Å². The van der Waals surface area contributed by atoms with Gasteiger partial charge in [-0.3, -0.25) is 9.10 Å². The van der Waals surface area contributed by atoms with E-state index in [1.807, 2.05) is 26.0 Å². The normalized spacial score (nSPS) is 18.5. The van der Waals surface area contributed by atoms with Gasteiger partial charge in [-0.1, -0.05) is 18.2 Å². The van der Waals surface area contributed by atoms with E-state index in [1.54, 1.807) is 50.4 Å². The highest BCUT2D eigenvalue weighted by Gasteiger charge is 2.37. The molecule has 1 amide bonds. The average molecular weight is 433 g/mol. The van der Waals surface area contributed by atoms with Gasteiger partial charge in [-0.2, -0.15) is 0 Å². The lowest BCUT2D eigenvalue weighted by Crippen LogP contribution is -2.50. The van der Waals surface area contributed by atoms with Crippen molar-refractivity contribution in [3.8, 4) is 11.5 Å². The number of para-hydroxylation sites is 1. The molecule has 0 aliphatic carbocycles. The summed E-state index contributed by atoms with van der Waals surface area (Å²) in [5, 5.41) is 3.02. The fraction of sp³-hybridized carbons (Fsp3) is 0.409. The number of anilines is 1. The van der Waals surface area contributed by atoms with Crippen LogP contribution in [0.5, 0.6) is 11.5 Å². The number of carbonyl (C=O) groups excluding carboxylic acids is 1. The van der Waals surface area contributed by atoms with Crippen LogP contribution in [-0.2, 0) is 14.8 Å². The lowest BCUT2D eigenvalue weighted by atomic mass is 9.89. The number of nitrogens with one attached hydrogen (secondary N) is 1. The SMILES string of the molecule is COc1ccc2c(c1)OC(C)(C)CC2NC(=O)C(C)N(c1ccccc1)S(C)(=O)=O. The van der Waals surface area contributed by atoms with Crippen molar-refractivity contribution in [2.75, 3.05) is 17.7 Å². The van der Waals surface area contributed by atoms with Crippen molar-refractivity contribution in [1.82, 2.24) is 5.32 Å². The summed E-state index contributed by atoms with van der Waals surface area (Å²) in [7, 11) is -2.08. The van der Waals surface area contributed by atoms with Crippen LogP contribution in [-0.4, -0.2) is 39.3 Å². The molecule has 2 unspecified atom stereocenters. The van der Waals surface area contributed by atoms with Crippen LogP contribution in [0.3, 0.4) is 0 Å². The van der Waals surface area contributed by atoms with Gasteiger partial charge in [0.05, 0.1) is 25.1 Å². The first kappa shape index (κ1) is 22.0. The fourth-order valence-electron chi connectivity index (χ4n) is 3.76. The number of hydrogen-bond donors (Lipinski definition) is 1. The Labute approximate surface area is 178 Å². The summed E-state index contributed by atoms with van der Waals surface area (Å²) in [5.74, 6) is 0.928. The van der Waals surface area contributed by atoms with Crippen molar-refractivity contribution in [2.45, 2.75) is 44.9 Å². The molecule has 30 heavy (non-hydrogen) atoms. The van der Waals surface area contributed by atoms with E-state index in [-0.39, 0.29) is 11.9 Å². The predicted octanol–water partition coefficient (Wildman–Crippen LogP) is 3.27. The highest BCUT2D eigenvalue weighted by Crippen LogP contribution is 2.41. The number of carbonyl (C=O) groups is 1. The Balaban J connectivity index is 1.89. The van der Waals surface area contributed by atoms with E-state index in [0.717, 1.165) is 16.1 Å². The van der Waals surface area contributed by atoms with Gasteiger partial charge in [0.1, 0.15) is 23.1 Å². The summed E-state index contributed by atoms with van der Waals surface area (Å²) in [5.41, 5.74) is 0.776. The Morgan fingerprint density at radius 1 is 1.23 bits per heavy atom. The molecular formula is C22H28N2O5S. The summed E-state index contributed by atoms with van der Waals surface area (Å²) in [6.45, 7) is 5.48. The second-order valence-corrected chi connectivity index (χ2v) is 9.96. The van der Waals surface area contributed by atoms with E-state index in [0.29, 0.717) is 23.6 Å². The molecule has 0 radical (unpaired) electrons. The van der Waals surface area contributed by atoms with Crippen LogP contribution >= 0.6 is 0 Å². The number of benzene rings is 2. The molecule has 0 saturated carbocycles. The van der Waals surface area contributed by atoms with Crippen LogP contribution in [0.2, 0.25) is 0 Å². The van der Waals surface area contributed by atoms with Gasteiger partial charge in [0.15, 0.2) is 0 Å². The summed E-state index contributed by atoms with van der Waals surface area (Å²) in [4.78, 5) is 13.1. The van der Waals surface area contributed by atoms with E-state index in [4.69, 9.17) is 9.47 Å². The Kier molecular flexibility index (Phi) is 5.99. The summed E-state index contributed by atoms with van der Waals surface area (Å²) in [6.07, 6.45) is 1.65. The van der Waals surface area contributed by atoms with Crippen LogP contribution in [0.1, 0.15) is 38.8 Å². The first-order chi connectivity index (χ1) is 14.0. The lowest BCUT2D eigenvalue weighted by molar-refractivity contribution is -0.123. The molecule has 2 aromatic carbocycles. The number of hydrogen-bond acceptors (Lipinski definition) is 5. The molecule has 2 aromatic rings. The van der Waals surface area contributed by atoms with Crippen LogP contribution in [0.15, 0.2) is 48.5 Å². The van der Waals surface area contributed by atoms with Gasteiger partial charge in [-0.15, -0.1) is 0 Å².